The summed E-state index contributed by atoms with van der Waals surface area (Å²) in [5.74, 6) is 0. The number of rotatable bonds is 1. The van der Waals surface area contributed by atoms with Gasteiger partial charge in [-0.2, -0.15) is 0 Å². The third-order valence-electron chi connectivity index (χ3n) is 1.01. The Morgan fingerprint density at radius 2 is 2.08 bits per heavy atom. The van der Waals surface area contributed by atoms with Gasteiger partial charge in [-0.25, -0.2) is 13.4 Å². The van der Waals surface area contributed by atoms with Crippen molar-refractivity contribution in [3.63, 3.8) is 0 Å². The monoisotopic (exact) mass is 381 g/mol. The van der Waals surface area contributed by atoms with E-state index in [2.05, 4.69) is 20.9 Å². The molecule has 0 N–H and O–H groups in total. The fourth-order valence-corrected chi connectivity index (χ4v) is 3.16. The van der Waals surface area contributed by atoms with Crippen LogP contribution in [-0.2, 0) is 9.05 Å². The summed E-state index contributed by atoms with van der Waals surface area (Å²) in [5.41, 5.74) is 0. The number of hydrogen-bond donors (Lipinski definition) is 0. The molecule has 0 aliphatic rings. The molecule has 1 aromatic heterocycles. The lowest BCUT2D eigenvalue weighted by molar-refractivity contribution is 0.605. The van der Waals surface area contributed by atoms with E-state index in [-0.39, 0.29) is 5.03 Å². The number of aromatic nitrogens is 1. The van der Waals surface area contributed by atoms with Crippen LogP contribution in [0.2, 0.25) is 0 Å². The summed E-state index contributed by atoms with van der Waals surface area (Å²) in [6.07, 6.45) is 0. The molecular weight excluding hydrogens is 380 g/mol. The highest BCUT2D eigenvalue weighted by Gasteiger charge is 2.16. The van der Waals surface area contributed by atoms with E-state index in [1.165, 1.54) is 0 Å². The molecule has 0 aromatic carbocycles. The molecule has 0 spiro atoms. The van der Waals surface area contributed by atoms with Crippen LogP contribution in [0.25, 0.3) is 0 Å². The maximum Gasteiger partial charge on any atom is 0.279 e. The molecule has 0 unspecified atom stereocenters. The van der Waals surface area contributed by atoms with Gasteiger partial charge >= 0.3 is 0 Å². The van der Waals surface area contributed by atoms with Gasteiger partial charge in [0.1, 0.15) is 3.70 Å². The predicted octanol–water partition coefficient (Wildman–Crippen LogP) is 2.38. The summed E-state index contributed by atoms with van der Waals surface area (Å²) < 4.78 is 22.7. The van der Waals surface area contributed by atoms with Crippen LogP contribution in [0, 0.1) is 3.70 Å². The second-order valence-corrected chi connectivity index (χ2v) is 6.30. The van der Waals surface area contributed by atoms with Gasteiger partial charge in [0.25, 0.3) is 9.05 Å². The summed E-state index contributed by atoms with van der Waals surface area (Å²) >= 11 is 4.94. The van der Waals surface area contributed by atoms with Crippen molar-refractivity contribution in [2.75, 3.05) is 0 Å². The molecular formula is C5H2BrClINO2S. The lowest BCUT2D eigenvalue weighted by Crippen LogP contribution is -1.97. The Morgan fingerprint density at radius 1 is 1.50 bits per heavy atom. The van der Waals surface area contributed by atoms with Crippen LogP contribution in [0.3, 0.4) is 0 Å². The van der Waals surface area contributed by atoms with Crippen molar-refractivity contribution in [2.45, 2.75) is 5.03 Å². The lowest BCUT2D eigenvalue weighted by Gasteiger charge is -1.98. The van der Waals surface area contributed by atoms with Crippen molar-refractivity contribution in [1.82, 2.24) is 4.98 Å². The molecule has 1 aromatic rings. The van der Waals surface area contributed by atoms with Gasteiger partial charge in [-0.1, -0.05) is 0 Å². The van der Waals surface area contributed by atoms with Crippen LogP contribution in [0.1, 0.15) is 0 Å². The minimum absolute atomic E-state index is 0.143. The summed E-state index contributed by atoms with van der Waals surface area (Å²) in [6.45, 7) is 0. The van der Waals surface area contributed by atoms with Crippen LogP contribution in [-0.4, -0.2) is 13.4 Å². The summed E-state index contributed by atoms with van der Waals surface area (Å²) in [7, 11) is 1.37. The Hall–Kier alpha value is 0.600. The van der Waals surface area contributed by atoms with E-state index in [9.17, 15) is 8.42 Å². The zero-order chi connectivity index (χ0) is 9.35. The van der Waals surface area contributed by atoms with E-state index in [1.54, 1.807) is 12.1 Å². The average Bonchev–Trinajstić information content (AvgIpc) is 1.92. The molecule has 0 fully saturated rings. The van der Waals surface area contributed by atoms with Crippen LogP contribution in [0.4, 0.5) is 0 Å². The minimum Gasteiger partial charge on any atom is -0.228 e. The van der Waals surface area contributed by atoms with Crippen LogP contribution in [0.5, 0.6) is 0 Å². The van der Waals surface area contributed by atoms with E-state index < -0.39 is 9.05 Å². The molecule has 0 atom stereocenters. The van der Waals surface area contributed by atoms with Crippen molar-refractivity contribution < 1.29 is 8.42 Å². The largest absolute Gasteiger partial charge is 0.279 e. The minimum atomic E-state index is -3.75. The first kappa shape index (κ1) is 10.7. The first-order chi connectivity index (χ1) is 5.41. The molecule has 0 radical (unpaired) electrons. The first-order valence-corrected chi connectivity index (χ1v) is 6.86. The van der Waals surface area contributed by atoms with Crippen molar-refractivity contribution in [3.8, 4) is 0 Å². The summed E-state index contributed by atoms with van der Waals surface area (Å²) in [6, 6.07) is 3.26. The standard InChI is InChI=1S/C5H2BrClINO2S/c6-3-1-2-4(8)9-5(3)12(7,10)11/h1-2H. The quantitative estimate of drug-likeness (QED) is 0.426. The summed E-state index contributed by atoms with van der Waals surface area (Å²) in [5, 5.41) is -0.143. The Labute approximate surface area is 96.2 Å². The third-order valence-corrected chi connectivity index (χ3v) is 3.73. The number of pyridine rings is 1. The van der Waals surface area contributed by atoms with Crippen LogP contribution < -0.4 is 0 Å². The van der Waals surface area contributed by atoms with E-state index >= 15 is 0 Å². The average molecular weight is 382 g/mol. The molecule has 3 nitrogen and oxygen atoms in total. The van der Waals surface area contributed by atoms with Crippen molar-refractivity contribution >= 4 is 58.3 Å². The lowest BCUT2D eigenvalue weighted by atomic mass is 10.5. The Bertz CT molecular complexity index is 408. The Balaban J connectivity index is 3.43. The van der Waals surface area contributed by atoms with Gasteiger partial charge in [-0.05, 0) is 50.7 Å². The highest BCUT2D eigenvalue weighted by atomic mass is 127. The van der Waals surface area contributed by atoms with Crippen LogP contribution >= 0.6 is 49.2 Å². The Kier molecular flexibility index (Phi) is 3.35. The third kappa shape index (κ3) is 2.54. The smallest absolute Gasteiger partial charge is 0.228 e. The highest BCUT2D eigenvalue weighted by molar-refractivity contribution is 14.1. The molecule has 66 valence electrons. The van der Waals surface area contributed by atoms with Crippen LogP contribution in [0.15, 0.2) is 21.6 Å². The molecule has 1 heterocycles. The van der Waals surface area contributed by atoms with E-state index in [4.69, 9.17) is 10.7 Å². The van der Waals surface area contributed by atoms with Gasteiger partial charge in [0, 0.05) is 10.7 Å². The van der Waals surface area contributed by atoms with Crippen molar-refractivity contribution in [1.29, 1.82) is 0 Å². The molecule has 0 aliphatic carbocycles. The number of halogens is 3. The van der Waals surface area contributed by atoms with E-state index in [0.717, 1.165) is 0 Å². The SMILES string of the molecule is O=S(=O)(Cl)c1nc(I)ccc1Br. The molecule has 0 aliphatic heterocycles. The fraction of sp³-hybridized carbons (Fsp3) is 0. The zero-order valence-corrected chi connectivity index (χ0v) is 10.8. The molecule has 12 heavy (non-hydrogen) atoms. The first-order valence-electron chi connectivity index (χ1n) is 2.68. The highest BCUT2D eigenvalue weighted by Crippen LogP contribution is 2.23. The summed E-state index contributed by atoms with van der Waals surface area (Å²) in [4.78, 5) is 3.76. The molecule has 1 rings (SSSR count). The van der Waals surface area contributed by atoms with Gasteiger partial charge in [0.2, 0.25) is 0 Å². The number of hydrogen-bond acceptors (Lipinski definition) is 3. The van der Waals surface area contributed by atoms with Gasteiger partial charge < -0.3 is 0 Å². The van der Waals surface area contributed by atoms with E-state index in [1.807, 2.05) is 22.6 Å². The van der Waals surface area contributed by atoms with Crippen molar-refractivity contribution in [3.05, 3.63) is 20.3 Å². The Morgan fingerprint density at radius 3 is 2.50 bits per heavy atom. The molecule has 0 saturated heterocycles. The molecule has 0 saturated carbocycles. The fourth-order valence-electron chi connectivity index (χ4n) is 0.572. The van der Waals surface area contributed by atoms with Crippen molar-refractivity contribution in [2.24, 2.45) is 0 Å². The van der Waals surface area contributed by atoms with Gasteiger partial charge in [-0.3, -0.25) is 0 Å². The van der Waals surface area contributed by atoms with Gasteiger partial charge in [0.15, 0.2) is 5.03 Å². The number of nitrogens with zero attached hydrogens (tertiary/aromatic N) is 1. The molecule has 7 heteroatoms. The predicted molar refractivity (Wildman–Crippen MR) is 57.7 cm³/mol. The molecule has 0 amide bonds. The topological polar surface area (TPSA) is 47.0 Å². The van der Waals surface area contributed by atoms with Gasteiger partial charge in [-0.15, -0.1) is 0 Å². The second kappa shape index (κ2) is 3.77. The maximum atomic E-state index is 10.9. The van der Waals surface area contributed by atoms with E-state index in [0.29, 0.717) is 8.17 Å². The second-order valence-electron chi connectivity index (χ2n) is 1.86. The maximum absolute atomic E-state index is 10.9. The molecule has 0 bridgehead atoms. The zero-order valence-electron chi connectivity index (χ0n) is 5.46. The van der Waals surface area contributed by atoms with Gasteiger partial charge in [0.05, 0.1) is 4.47 Å². The normalized spacial score (nSPS) is 11.6.